The first-order valence-electron chi connectivity index (χ1n) is 7.93. The van der Waals surface area contributed by atoms with Gasteiger partial charge in [-0.2, -0.15) is 0 Å². The van der Waals surface area contributed by atoms with Gasteiger partial charge in [0.25, 0.3) is 0 Å². The number of hydrogen-bond acceptors (Lipinski definition) is 0. The van der Waals surface area contributed by atoms with E-state index in [-0.39, 0.29) is 0 Å². The van der Waals surface area contributed by atoms with Crippen molar-refractivity contribution < 1.29 is 0 Å². The van der Waals surface area contributed by atoms with E-state index >= 15 is 0 Å². The fourth-order valence-corrected chi connectivity index (χ4v) is 3.73. The highest BCUT2D eigenvalue weighted by Gasteiger charge is 2.24. The van der Waals surface area contributed by atoms with Gasteiger partial charge in [0.1, 0.15) is 0 Å². The number of benzene rings is 2. The van der Waals surface area contributed by atoms with Crippen LogP contribution in [0, 0.1) is 0 Å². The third-order valence-corrected chi connectivity index (χ3v) is 4.74. The van der Waals surface area contributed by atoms with E-state index < -0.39 is 0 Å². The van der Waals surface area contributed by atoms with E-state index in [1.54, 1.807) is 0 Å². The van der Waals surface area contributed by atoms with Gasteiger partial charge >= 0.3 is 0 Å². The summed E-state index contributed by atoms with van der Waals surface area (Å²) in [5, 5.41) is 0. The number of nitrogens with one attached hydrogen (secondary N) is 2. The highest BCUT2D eigenvalue weighted by molar-refractivity contribution is 5.92. The highest BCUT2D eigenvalue weighted by atomic mass is 14.7. The maximum absolute atomic E-state index is 3.40. The molecule has 2 nitrogen and oxygen atoms in total. The van der Waals surface area contributed by atoms with Crippen molar-refractivity contribution in [2.75, 3.05) is 0 Å². The molecule has 0 radical (unpaired) electrons. The van der Waals surface area contributed by atoms with Gasteiger partial charge in [0.15, 0.2) is 0 Å². The minimum Gasteiger partial charge on any atom is -0.361 e. The van der Waals surface area contributed by atoms with E-state index in [9.17, 15) is 0 Å². The fourth-order valence-electron chi connectivity index (χ4n) is 3.73. The van der Waals surface area contributed by atoms with Crippen LogP contribution in [-0.2, 0) is 6.42 Å². The first-order chi connectivity index (χ1) is 11.4. The zero-order valence-electron chi connectivity index (χ0n) is 12.6. The van der Waals surface area contributed by atoms with E-state index in [4.69, 9.17) is 0 Å². The van der Waals surface area contributed by atoms with Crippen molar-refractivity contribution in [3.05, 3.63) is 84.2 Å². The fraction of sp³-hybridized carbons (Fsp3) is 0.0476. The van der Waals surface area contributed by atoms with Crippen LogP contribution in [0.5, 0.6) is 0 Å². The summed E-state index contributed by atoms with van der Waals surface area (Å²) in [6.07, 6.45) is 4.97. The van der Waals surface area contributed by atoms with Gasteiger partial charge in [0.05, 0.1) is 0 Å². The lowest BCUT2D eigenvalue weighted by Gasteiger charge is -2.13. The molecule has 4 aromatic rings. The topological polar surface area (TPSA) is 31.6 Å². The van der Waals surface area contributed by atoms with E-state index in [0.29, 0.717) is 0 Å². The van der Waals surface area contributed by atoms with Gasteiger partial charge in [-0.15, -0.1) is 0 Å². The Balaban J connectivity index is 1.83. The Labute approximate surface area is 134 Å². The molecular formula is C21H16N2. The summed E-state index contributed by atoms with van der Waals surface area (Å²) >= 11 is 0. The van der Waals surface area contributed by atoms with E-state index in [2.05, 4.69) is 70.6 Å². The molecule has 2 N–H and O–H groups in total. The monoisotopic (exact) mass is 296 g/mol. The maximum atomic E-state index is 3.40. The van der Waals surface area contributed by atoms with Gasteiger partial charge in [-0.1, -0.05) is 36.4 Å². The zero-order chi connectivity index (χ0) is 15.2. The van der Waals surface area contributed by atoms with Crippen molar-refractivity contribution in [3.8, 4) is 33.6 Å². The minimum absolute atomic E-state index is 0.994. The number of aromatic amines is 2. The molecule has 23 heavy (non-hydrogen) atoms. The van der Waals surface area contributed by atoms with Crippen molar-refractivity contribution in [3.63, 3.8) is 0 Å². The number of hydrogen-bond donors (Lipinski definition) is 2. The van der Waals surface area contributed by atoms with Gasteiger partial charge < -0.3 is 9.97 Å². The average molecular weight is 296 g/mol. The Morgan fingerprint density at radius 3 is 2.13 bits per heavy atom. The van der Waals surface area contributed by atoms with Crippen LogP contribution >= 0.6 is 0 Å². The number of H-pyrrole nitrogens is 2. The van der Waals surface area contributed by atoms with Crippen molar-refractivity contribution in [1.29, 1.82) is 0 Å². The molecule has 0 saturated carbocycles. The first kappa shape index (κ1) is 12.5. The van der Waals surface area contributed by atoms with Gasteiger partial charge in [0, 0.05) is 34.9 Å². The molecule has 0 spiro atoms. The summed E-state index contributed by atoms with van der Waals surface area (Å²) in [4.78, 5) is 6.75. The summed E-state index contributed by atoms with van der Waals surface area (Å²) in [6.45, 7) is 0. The summed E-state index contributed by atoms with van der Waals surface area (Å²) < 4.78 is 0. The number of rotatable bonds is 2. The number of aromatic nitrogens is 2. The summed E-state index contributed by atoms with van der Waals surface area (Å²) in [5.74, 6) is 0. The van der Waals surface area contributed by atoms with Crippen LogP contribution < -0.4 is 0 Å². The molecule has 2 aromatic heterocycles. The second-order valence-electron chi connectivity index (χ2n) is 6.02. The second kappa shape index (κ2) is 4.75. The second-order valence-corrected chi connectivity index (χ2v) is 6.02. The molecule has 0 unspecified atom stereocenters. The predicted molar refractivity (Wildman–Crippen MR) is 94.3 cm³/mol. The predicted octanol–water partition coefficient (Wildman–Crippen LogP) is 5.25. The molecule has 2 heterocycles. The van der Waals surface area contributed by atoms with Crippen molar-refractivity contribution in [2.45, 2.75) is 6.42 Å². The van der Waals surface area contributed by atoms with Crippen LogP contribution in [0.3, 0.4) is 0 Å². The van der Waals surface area contributed by atoms with Crippen molar-refractivity contribution in [2.24, 2.45) is 0 Å². The first-order valence-corrected chi connectivity index (χ1v) is 7.93. The van der Waals surface area contributed by atoms with Crippen molar-refractivity contribution in [1.82, 2.24) is 9.97 Å². The lowest BCUT2D eigenvalue weighted by molar-refractivity contribution is 1.25. The largest absolute Gasteiger partial charge is 0.361 e. The minimum atomic E-state index is 0.994. The van der Waals surface area contributed by atoms with Crippen LogP contribution in [0.1, 0.15) is 11.1 Å². The van der Waals surface area contributed by atoms with E-state index in [1.807, 2.05) is 12.4 Å². The third kappa shape index (κ3) is 1.82. The maximum Gasteiger partial charge on any atom is 0.0463 e. The standard InChI is InChI=1S/C21H16N2/c1-2-6-15-14(5-1)13-18-16(15)9-10-17(19-7-3-11-22-19)21(18)20-8-4-12-23-20/h1-12,22-23H,13H2. The lowest BCUT2D eigenvalue weighted by atomic mass is 9.92. The van der Waals surface area contributed by atoms with E-state index in [0.717, 1.165) is 12.1 Å². The molecule has 110 valence electrons. The molecule has 1 aliphatic carbocycles. The molecule has 0 amide bonds. The van der Waals surface area contributed by atoms with Gasteiger partial charge in [-0.25, -0.2) is 0 Å². The Kier molecular flexibility index (Phi) is 2.59. The van der Waals surface area contributed by atoms with Gasteiger partial charge in [-0.3, -0.25) is 0 Å². The smallest absolute Gasteiger partial charge is 0.0463 e. The van der Waals surface area contributed by atoms with Crippen LogP contribution in [-0.4, -0.2) is 9.97 Å². The molecule has 0 aliphatic heterocycles. The third-order valence-electron chi connectivity index (χ3n) is 4.74. The molecule has 0 bridgehead atoms. The summed E-state index contributed by atoms with van der Waals surface area (Å²) in [7, 11) is 0. The quantitative estimate of drug-likeness (QED) is 0.446. The molecule has 2 heteroatoms. The Bertz CT molecular complexity index is 977. The summed E-state index contributed by atoms with van der Waals surface area (Å²) in [5.41, 5.74) is 10.5. The van der Waals surface area contributed by atoms with E-state index in [1.165, 1.54) is 39.1 Å². The van der Waals surface area contributed by atoms with Gasteiger partial charge in [0.2, 0.25) is 0 Å². The van der Waals surface area contributed by atoms with Crippen LogP contribution in [0.15, 0.2) is 73.1 Å². The molecule has 0 fully saturated rings. The highest BCUT2D eigenvalue weighted by Crippen LogP contribution is 2.45. The Hall–Kier alpha value is -3.00. The molecule has 1 aliphatic rings. The molecule has 0 atom stereocenters. The normalized spacial score (nSPS) is 12.2. The van der Waals surface area contributed by atoms with Crippen LogP contribution in [0.25, 0.3) is 33.6 Å². The van der Waals surface area contributed by atoms with Gasteiger partial charge in [-0.05, 0) is 52.9 Å². The van der Waals surface area contributed by atoms with Crippen molar-refractivity contribution >= 4 is 0 Å². The number of fused-ring (bicyclic) bond motifs is 3. The Morgan fingerprint density at radius 2 is 1.35 bits per heavy atom. The summed E-state index contributed by atoms with van der Waals surface area (Å²) in [6, 6.07) is 21.6. The molecule has 2 aromatic carbocycles. The lowest BCUT2D eigenvalue weighted by Crippen LogP contribution is -1.93. The molecule has 5 rings (SSSR count). The van der Waals surface area contributed by atoms with Crippen LogP contribution in [0.2, 0.25) is 0 Å². The Morgan fingerprint density at radius 1 is 0.609 bits per heavy atom. The zero-order valence-corrected chi connectivity index (χ0v) is 12.6. The SMILES string of the molecule is c1c[nH]c(-c2ccc3c(c2-c2ccc[nH]2)Cc2ccccc2-3)c1. The average Bonchev–Trinajstić information content (AvgIpc) is 3.33. The van der Waals surface area contributed by atoms with Crippen LogP contribution in [0.4, 0.5) is 0 Å². The molecule has 0 saturated heterocycles. The molecular weight excluding hydrogens is 280 g/mol.